The Morgan fingerprint density at radius 3 is 2.42 bits per heavy atom. The predicted octanol–water partition coefficient (Wildman–Crippen LogP) is 1.83. The zero-order valence-corrected chi connectivity index (χ0v) is 14.9. The number of hydrogen-bond donors (Lipinski definition) is 2. The lowest BCUT2D eigenvalue weighted by Gasteiger charge is -2.21. The highest BCUT2D eigenvalue weighted by Gasteiger charge is 2.18. The van der Waals surface area contributed by atoms with Crippen LogP contribution >= 0.6 is 11.6 Å². The molecule has 0 fully saturated rings. The van der Waals surface area contributed by atoms with E-state index in [4.69, 9.17) is 11.6 Å². The Morgan fingerprint density at radius 1 is 1.08 bits per heavy atom. The van der Waals surface area contributed by atoms with Crippen LogP contribution in [-0.4, -0.2) is 48.8 Å². The molecule has 7 heteroatoms. The van der Waals surface area contributed by atoms with E-state index in [1.165, 1.54) is 4.90 Å². The van der Waals surface area contributed by atoms with Crippen molar-refractivity contribution in [2.75, 3.05) is 26.2 Å². The van der Waals surface area contributed by atoms with Crippen LogP contribution in [-0.2, 0) is 9.59 Å². The van der Waals surface area contributed by atoms with E-state index in [0.717, 1.165) is 12.8 Å². The van der Waals surface area contributed by atoms with Gasteiger partial charge in [-0.15, -0.1) is 0 Å². The number of halogens is 1. The van der Waals surface area contributed by atoms with Gasteiger partial charge in [0.2, 0.25) is 11.8 Å². The molecular weight excluding hydrogens is 330 g/mol. The zero-order valence-electron chi connectivity index (χ0n) is 14.1. The summed E-state index contributed by atoms with van der Waals surface area (Å²) in [6.45, 7) is 4.74. The van der Waals surface area contributed by atoms with Gasteiger partial charge in [0, 0.05) is 13.1 Å². The van der Waals surface area contributed by atoms with Gasteiger partial charge in [0.05, 0.1) is 23.7 Å². The summed E-state index contributed by atoms with van der Waals surface area (Å²) in [7, 11) is 0. The molecule has 0 heterocycles. The fraction of sp³-hybridized carbons (Fsp3) is 0.471. The molecule has 132 valence electrons. The Kier molecular flexibility index (Phi) is 8.86. The normalized spacial score (nSPS) is 10.1. The molecule has 1 rings (SSSR count). The molecule has 0 spiro atoms. The van der Waals surface area contributed by atoms with Gasteiger partial charge >= 0.3 is 0 Å². The summed E-state index contributed by atoms with van der Waals surface area (Å²) in [6.07, 6.45) is 1.56. The fourth-order valence-electron chi connectivity index (χ4n) is 2.06. The number of nitrogens with one attached hydrogen (secondary N) is 2. The van der Waals surface area contributed by atoms with E-state index in [2.05, 4.69) is 10.6 Å². The van der Waals surface area contributed by atoms with Crippen LogP contribution in [0.3, 0.4) is 0 Å². The Balaban J connectivity index is 2.57. The van der Waals surface area contributed by atoms with Crippen LogP contribution in [0.1, 0.15) is 37.0 Å². The third kappa shape index (κ3) is 6.58. The summed E-state index contributed by atoms with van der Waals surface area (Å²) >= 11 is 5.95. The summed E-state index contributed by atoms with van der Waals surface area (Å²) in [5.74, 6) is -0.916. The molecule has 0 aliphatic rings. The van der Waals surface area contributed by atoms with Crippen LogP contribution in [0.4, 0.5) is 0 Å². The lowest BCUT2D eigenvalue weighted by Crippen LogP contribution is -2.45. The Bertz CT molecular complexity index is 578. The summed E-state index contributed by atoms with van der Waals surface area (Å²) in [5.41, 5.74) is 0.315. The van der Waals surface area contributed by atoms with E-state index in [-0.39, 0.29) is 24.9 Å². The van der Waals surface area contributed by atoms with E-state index in [1.807, 2.05) is 13.8 Å². The van der Waals surface area contributed by atoms with Crippen molar-refractivity contribution in [3.05, 3.63) is 34.9 Å². The quantitative estimate of drug-likeness (QED) is 0.711. The van der Waals surface area contributed by atoms with E-state index < -0.39 is 5.91 Å². The third-order valence-corrected chi connectivity index (χ3v) is 3.60. The van der Waals surface area contributed by atoms with Crippen LogP contribution < -0.4 is 10.6 Å². The second kappa shape index (κ2) is 10.6. The first kappa shape index (κ1) is 20.0. The van der Waals surface area contributed by atoms with Crippen molar-refractivity contribution in [3.8, 4) is 0 Å². The van der Waals surface area contributed by atoms with Gasteiger partial charge in [0.15, 0.2) is 0 Å². The standard InChI is InChI=1S/C17H24ClN3O3/c1-3-9-19-15(22)12-21(10-4-2)16(23)11-20-17(24)13-7-5-6-8-14(13)18/h5-8H,3-4,9-12H2,1-2H3,(H,19,22)(H,20,24). The summed E-state index contributed by atoms with van der Waals surface area (Å²) in [4.78, 5) is 37.6. The first-order chi connectivity index (χ1) is 11.5. The molecule has 24 heavy (non-hydrogen) atoms. The number of hydrogen-bond acceptors (Lipinski definition) is 3. The van der Waals surface area contributed by atoms with Gasteiger partial charge in [-0.2, -0.15) is 0 Å². The highest BCUT2D eigenvalue weighted by Crippen LogP contribution is 2.14. The maximum absolute atomic E-state index is 12.3. The highest BCUT2D eigenvalue weighted by molar-refractivity contribution is 6.33. The molecule has 2 N–H and O–H groups in total. The second-order valence-corrected chi connectivity index (χ2v) is 5.73. The first-order valence-electron chi connectivity index (χ1n) is 8.06. The SMILES string of the molecule is CCCNC(=O)CN(CCC)C(=O)CNC(=O)c1ccccc1Cl. The van der Waals surface area contributed by atoms with Crippen LogP contribution in [0.2, 0.25) is 5.02 Å². The van der Waals surface area contributed by atoms with E-state index >= 15 is 0 Å². The van der Waals surface area contributed by atoms with E-state index in [0.29, 0.717) is 23.7 Å². The topological polar surface area (TPSA) is 78.5 Å². The molecule has 1 aromatic rings. The van der Waals surface area contributed by atoms with Gasteiger partial charge in [0.25, 0.3) is 5.91 Å². The van der Waals surface area contributed by atoms with Crippen molar-refractivity contribution in [2.45, 2.75) is 26.7 Å². The third-order valence-electron chi connectivity index (χ3n) is 3.27. The van der Waals surface area contributed by atoms with Gasteiger partial charge < -0.3 is 15.5 Å². The lowest BCUT2D eigenvalue weighted by molar-refractivity contribution is -0.135. The maximum Gasteiger partial charge on any atom is 0.253 e. The molecule has 0 saturated carbocycles. The van der Waals surface area contributed by atoms with Gasteiger partial charge in [0.1, 0.15) is 0 Å². The maximum atomic E-state index is 12.3. The van der Waals surface area contributed by atoms with Crippen molar-refractivity contribution in [1.29, 1.82) is 0 Å². The van der Waals surface area contributed by atoms with Crippen molar-refractivity contribution < 1.29 is 14.4 Å². The molecule has 3 amide bonds. The number of benzene rings is 1. The lowest BCUT2D eigenvalue weighted by atomic mass is 10.2. The largest absolute Gasteiger partial charge is 0.355 e. The second-order valence-electron chi connectivity index (χ2n) is 5.33. The molecule has 0 aromatic heterocycles. The van der Waals surface area contributed by atoms with Crippen LogP contribution in [0, 0.1) is 0 Å². The summed E-state index contributed by atoms with van der Waals surface area (Å²) in [5, 5.41) is 5.61. The first-order valence-corrected chi connectivity index (χ1v) is 8.44. The minimum absolute atomic E-state index is 0.00532. The van der Waals surface area contributed by atoms with Gasteiger partial charge in [-0.3, -0.25) is 14.4 Å². The number of amides is 3. The molecule has 0 aliphatic heterocycles. The predicted molar refractivity (Wildman–Crippen MR) is 94.0 cm³/mol. The minimum Gasteiger partial charge on any atom is -0.355 e. The summed E-state index contributed by atoms with van der Waals surface area (Å²) < 4.78 is 0. The fourth-order valence-corrected chi connectivity index (χ4v) is 2.29. The van der Waals surface area contributed by atoms with Gasteiger partial charge in [-0.25, -0.2) is 0 Å². The Hall–Kier alpha value is -2.08. The molecule has 6 nitrogen and oxygen atoms in total. The van der Waals surface area contributed by atoms with E-state index in [1.54, 1.807) is 24.3 Å². The molecule has 0 radical (unpaired) electrons. The van der Waals surface area contributed by atoms with E-state index in [9.17, 15) is 14.4 Å². The smallest absolute Gasteiger partial charge is 0.253 e. The molecule has 0 aliphatic carbocycles. The molecule has 0 unspecified atom stereocenters. The average Bonchev–Trinajstić information content (AvgIpc) is 2.57. The Labute approximate surface area is 147 Å². The van der Waals surface area contributed by atoms with Gasteiger partial charge in [-0.05, 0) is 25.0 Å². The highest BCUT2D eigenvalue weighted by atomic mass is 35.5. The molecule has 1 aromatic carbocycles. The van der Waals surface area contributed by atoms with Crippen molar-refractivity contribution in [3.63, 3.8) is 0 Å². The molecule has 0 atom stereocenters. The summed E-state index contributed by atoms with van der Waals surface area (Å²) in [6, 6.07) is 6.62. The van der Waals surface area contributed by atoms with Crippen LogP contribution in [0.5, 0.6) is 0 Å². The number of carbonyl (C=O) groups is 3. The number of carbonyl (C=O) groups excluding carboxylic acids is 3. The number of rotatable bonds is 9. The minimum atomic E-state index is -0.416. The van der Waals surface area contributed by atoms with Crippen molar-refractivity contribution in [1.82, 2.24) is 15.5 Å². The van der Waals surface area contributed by atoms with Crippen LogP contribution in [0.15, 0.2) is 24.3 Å². The Morgan fingerprint density at radius 2 is 1.79 bits per heavy atom. The molecule has 0 bridgehead atoms. The van der Waals surface area contributed by atoms with Crippen molar-refractivity contribution >= 4 is 29.3 Å². The monoisotopic (exact) mass is 353 g/mol. The molecular formula is C17H24ClN3O3. The van der Waals surface area contributed by atoms with Gasteiger partial charge in [-0.1, -0.05) is 37.6 Å². The zero-order chi connectivity index (χ0) is 17.9. The molecule has 0 saturated heterocycles. The number of nitrogens with zero attached hydrogens (tertiary/aromatic N) is 1. The van der Waals surface area contributed by atoms with Crippen LogP contribution in [0.25, 0.3) is 0 Å². The average molecular weight is 354 g/mol. The van der Waals surface area contributed by atoms with Crippen molar-refractivity contribution in [2.24, 2.45) is 0 Å².